The molecule has 0 amide bonds. The molecular formula is C17H33KO4. The molecule has 0 aliphatic heterocycles. The SMILES string of the molecule is CCCCCCCCCC(CC(C(=O)O)C(=O)O)C(C)C.[KH]. The maximum absolute atomic E-state index is 11.0. The van der Waals surface area contributed by atoms with Crippen molar-refractivity contribution in [1.82, 2.24) is 0 Å². The number of carboxylic acid groups (broad SMARTS) is 2. The fourth-order valence-corrected chi connectivity index (χ4v) is 2.70. The van der Waals surface area contributed by atoms with Gasteiger partial charge in [-0.25, -0.2) is 0 Å². The molecule has 0 aromatic carbocycles. The number of carbonyl (C=O) groups is 2. The van der Waals surface area contributed by atoms with E-state index in [1.165, 1.54) is 32.1 Å². The molecule has 0 rings (SSSR count). The predicted octanol–water partition coefficient (Wildman–Crippen LogP) is 3.93. The first kappa shape index (κ1) is 24.8. The third-order valence-electron chi connectivity index (χ3n) is 4.26. The Bertz CT molecular complexity index is 291. The standard InChI is InChI=1S/C17H32O4.K.H/c1-4-5-6-7-8-9-10-11-14(13(2)3)12-15(16(18)19)17(20)21;;/h13-15H,4-12H2,1-3H3,(H,18,19)(H,20,21);;. The van der Waals surface area contributed by atoms with Gasteiger partial charge in [-0.2, -0.15) is 0 Å². The molecule has 0 spiro atoms. The molecule has 0 heterocycles. The molecule has 5 heteroatoms. The number of hydrogen-bond donors (Lipinski definition) is 2. The average molecular weight is 341 g/mol. The van der Waals surface area contributed by atoms with Crippen LogP contribution in [0.4, 0.5) is 0 Å². The maximum atomic E-state index is 11.0. The van der Waals surface area contributed by atoms with Crippen LogP contribution in [0.2, 0.25) is 0 Å². The molecule has 0 aromatic rings. The van der Waals surface area contributed by atoms with E-state index in [0.717, 1.165) is 19.3 Å². The first-order valence-corrected chi connectivity index (χ1v) is 8.35. The second kappa shape index (κ2) is 15.1. The molecule has 0 saturated carbocycles. The van der Waals surface area contributed by atoms with E-state index in [1.807, 2.05) is 13.8 Å². The molecule has 126 valence electrons. The normalized spacial score (nSPS) is 12.2. The molecule has 2 N–H and O–H groups in total. The molecule has 0 aliphatic rings. The van der Waals surface area contributed by atoms with E-state index in [0.29, 0.717) is 5.92 Å². The topological polar surface area (TPSA) is 74.6 Å². The fraction of sp³-hybridized carbons (Fsp3) is 0.882. The van der Waals surface area contributed by atoms with E-state index < -0.39 is 17.9 Å². The molecule has 0 saturated heterocycles. The van der Waals surface area contributed by atoms with E-state index in [4.69, 9.17) is 10.2 Å². The van der Waals surface area contributed by atoms with Gasteiger partial charge in [-0.05, 0) is 18.3 Å². The first-order valence-electron chi connectivity index (χ1n) is 8.35. The molecule has 4 nitrogen and oxygen atoms in total. The molecular weight excluding hydrogens is 307 g/mol. The van der Waals surface area contributed by atoms with Crippen LogP contribution < -0.4 is 0 Å². The van der Waals surface area contributed by atoms with E-state index in [2.05, 4.69) is 6.92 Å². The monoisotopic (exact) mass is 340 g/mol. The van der Waals surface area contributed by atoms with Gasteiger partial charge in [0.15, 0.2) is 5.92 Å². The molecule has 0 aromatic heterocycles. The van der Waals surface area contributed by atoms with Crippen LogP contribution in [0.1, 0.15) is 78.6 Å². The van der Waals surface area contributed by atoms with Gasteiger partial charge in [-0.15, -0.1) is 0 Å². The van der Waals surface area contributed by atoms with Gasteiger partial charge in [0.05, 0.1) is 0 Å². The minimum absolute atomic E-state index is 0. The van der Waals surface area contributed by atoms with Crippen molar-refractivity contribution >= 4 is 63.3 Å². The van der Waals surface area contributed by atoms with Gasteiger partial charge in [0.25, 0.3) is 0 Å². The van der Waals surface area contributed by atoms with Crippen molar-refractivity contribution in [2.45, 2.75) is 78.6 Å². The Kier molecular flexibility index (Phi) is 17.1. The Morgan fingerprint density at radius 1 is 0.864 bits per heavy atom. The molecule has 0 bridgehead atoms. The van der Waals surface area contributed by atoms with Crippen LogP contribution in [0.5, 0.6) is 0 Å². The van der Waals surface area contributed by atoms with Crippen molar-refractivity contribution in [2.75, 3.05) is 0 Å². The molecule has 0 aliphatic carbocycles. The van der Waals surface area contributed by atoms with Crippen LogP contribution in [0.3, 0.4) is 0 Å². The second-order valence-corrected chi connectivity index (χ2v) is 6.38. The zero-order valence-electron chi connectivity index (χ0n) is 13.8. The Hall–Kier alpha value is 0.576. The molecule has 1 atom stereocenters. The number of unbranched alkanes of at least 4 members (excludes halogenated alkanes) is 6. The Morgan fingerprint density at radius 2 is 1.32 bits per heavy atom. The van der Waals surface area contributed by atoms with E-state index >= 15 is 0 Å². The summed E-state index contributed by atoms with van der Waals surface area (Å²) in [5.41, 5.74) is 0. The zero-order valence-corrected chi connectivity index (χ0v) is 13.8. The molecule has 1 unspecified atom stereocenters. The summed E-state index contributed by atoms with van der Waals surface area (Å²) in [6.45, 7) is 6.30. The number of carboxylic acids is 2. The van der Waals surface area contributed by atoms with Crippen LogP contribution in [0, 0.1) is 17.8 Å². The minimum atomic E-state index is -1.26. The first-order chi connectivity index (χ1) is 9.90. The Balaban J connectivity index is 0. The van der Waals surface area contributed by atoms with Crippen LogP contribution in [-0.4, -0.2) is 73.5 Å². The van der Waals surface area contributed by atoms with Crippen molar-refractivity contribution in [3.8, 4) is 0 Å². The summed E-state index contributed by atoms with van der Waals surface area (Å²) < 4.78 is 0. The van der Waals surface area contributed by atoms with Crippen molar-refractivity contribution in [3.05, 3.63) is 0 Å². The van der Waals surface area contributed by atoms with Crippen molar-refractivity contribution in [2.24, 2.45) is 17.8 Å². The van der Waals surface area contributed by atoms with Gasteiger partial charge < -0.3 is 10.2 Å². The van der Waals surface area contributed by atoms with Crippen LogP contribution in [0.25, 0.3) is 0 Å². The molecule has 22 heavy (non-hydrogen) atoms. The Morgan fingerprint density at radius 3 is 1.73 bits per heavy atom. The molecule has 0 fully saturated rings. The fourth-order valence-electron chi connectivity index (χ4n) is 2.70. The van der Waals surface area contributed by atoms with Gasteiger partial charge in [-0.1, -0.05) is 72.1 Å². The van der Waals surface area contributed by atoms with Crippen LogP contribution in [0.15, 0.2) is 0 Å². The average Bonchev–Trinajstić information content (AvgIpc) is 2.39. The van der Waals surface area contributed by atoms with Crippen molar-refractivity contribution < 1.29 is 19.8 Å². The van der Waals surface area contributed by atoms with Crippen molar-refractivity contribution in [1.29, 1.82) is 0 Å². The number of rotatable bonds is 13. The van der Waals surface area contributed by atoms with Crippen molar-refractivity contribution in [3.63, 3.8) is 0 Å². The summed E-state index contributed by atoms with van der Waals surface area (Å²) >= 11 is 0. The summed E-state index contributed by atoms with van der Waals surface area (Å²) in [5.74, 6) is -3.19. The van der Waals surface area contributed by atoms with Gasteiger partial charge in [0.1, 0.15) is 0 Å². The quantitative estimate of drug-likeness (QED) is 0.303. The summed E-state index contributed by atoms with van der Waals surface area (Å²) in [5, 5.41) is 18.0. The third kappa shape index (κ3) is 12.1. The van der Waals surface area contributed by atoms with Gasteiger partial charge in [0, 0.05) is 0 Å². The number of aliphatic carboxylic acids is 2. The van der Waals surface area contributed by atoms with Crippen LogP contribution >= 0.6 is 0 Å². The summed E-state index contributed by atoms with van der Waals surface area (Å²) in [6.07, 6.45) is 9.76. The second-order valence-electron chi connectivity index (χ2n) is 6.38. The van der Waals surface area contributed by atoms with Gasteiger partial charge in [-0.3, -0.25) is 9.59 Å². The zero-order chi connectivity index (χ0) is 16.3. The Labute approximate surface area is 177 Å². The third-order valence-corrected chi connectivity index (χ3v) is 4.26. The number of hydrogen-bond acceptors (Lipinski definition) is 2. The predicted molar refractivity (Wildman–Crippen MR) is 91.5 cm³/mol. The molecule has 0 radical (unpaired) electrons. The summed E-state index contributed by atoms with van der Waals surface area (Å²) in [6, 6.07) is 0. The van der Waals surface area contributed by atoms with Gasteiger partial charge >= 0.3 is 63.3 Å². The summed E-state index contributed by atoms with van der Waals surface area (Å²) in [4.78, 5) is 22.0. The van der Waals surface area contributed by atoms with E-state index in [9.17, 15) is 9.59 Å². The van der Waals surface area contributed by atoms with E-state index in [1.54, 1.807) is 0 Å². The van der Waals surface area contributed by atoms with Crippen LogP contribution in [-0.2, 0) is 9.59 Å². The van der Waals surface area contributed by atoms with Gasteiger partial charge in [0.2, 0.25) is 0 Å². The van der Waals surface area contributed by atoms with E-state index in [-0.39, 0.29) is 63.7 Å². The summed E-state index contributed by atoms with van der Waals surface area (Å²) in [7, 11) is 0.